The summed E-state index contributed by atoms with van der Waals surface area (Å²) in [6, 6.07) is 19.0. The van der Waals surface area contributed by atoms with E-state index in [1.807, 2.05) is 13.8 Å². The summed E-state index contributed by atoms with van der Waals surface area (Å²) in [4.78, 5) is 31.1. The van der Waals surface area contributed by atoms with Gasteiger partial charge in [-0.15, -0.1) is 20.5 Å². The predicted molar refractivity (Wildman–Crippen MR) is 217 cm³/mol. The largest absolute Gasteiger partial charge is 0.507 e. The molecule has 0 unspecified atom stereocenters. The highest BCUT2D eigenvalue weighted by molar-refractivity contribution is 7.85. The highest BCUT2D eigenvalue weighted by Gasteiger charge is 2.16. The Morgan fingerprint density at radius 1 is 0.621 bits per heavy atom. The molecule has 58 heavy (non-hydrogen) atoms. The lowest BCUT2D eigenvalue weighted by Crippen LogP contribution is -2.18. The lowest BCUT2D eigenvalue weighted by atomic mass is 10.0. The Morgan fingerprint density at radius 2 is 1.16 bits per heavy atom. The van der Waals surface area contributed by atoms with Crippen LogP contribution < -0.4 is 16.0 Å². The number of nitrogens with one attached hydrogen (secondary N) is 3. The van der Waals surface area contributed by atoms with Crippen molar-refractivity contribution < 1.29 is 23.2 Å². The van der Waals surface area contributed by atoms with Crippen LogP contribution in [0.5, 0.6) is 11.5 Å². The Hall–Kier alpha value is -7.32. The summed E-state index contributed by atoms with van der Waals surface area (Å²) >= 11 is 0. The zero-order valence-electron chi connectivity index (χ0n) is 31.3. The molecule has 0 atom stereocenters. The minimum atomic E-state index is -4.26. The number of nitrogens with zero attached hydrogens (tertiary/aromatic N) is 11. The van der Waals surface area contributed by atoms with Gasteiger partial charge >= 0.3 is 0 Å². The molecule has 5 heterocycles. The second-order valence-corrected chi connectivity index (χ2v) is 14.5. The van der Waals surface area contributed by atoms with Crippen molar-refractivity contribution in [1.82, 2.24) is 34.9 Å². The van der Waals surface area contributed by atoms with Crippen molar-refractivity contribution >= 4 is 72.8 Å². The van der Waals surface area contributed by atoms with E-state index in [-0.39, 0.29) is 49.0 Å². The smallest absolute Gasteiger partial charge is 0.266 e. The van der Waals surface area contributed by atoms with Gasteiger partial charge < -0.3 is 26.2 Å². The van der Waals surface area contributed by atoms with Crippen molar-refractivity contribution in [3.63, 3.8) is 0 Å². The molecule has 20 heteroatoms. The molecule has 7 rings (SSSR count). The molecule has 5 aromatic heterocycles. The third-order valence-electron chi connectivity index (χ3n) is 8.75. The van der Waals surface area contributed by atoms with Crippen LogP contribution >= 0.6 is 0 Å². The van der Waals surface area contributed by atoms with Gasteiger partial charge in [0.2, 0.25) is 17.8 Å². The fourth-order valence-corrected chi connectivity index (χ4v) is 6.10. The molecule has 0 aliphatic heterocycles. The van der Waals surface area contributed by atoms with E-state index in [9.17, 15) is 23.2 Å². The minimum Gasteiger partial charge on any atom is -0.507 e. The van der Waals surface area contributed by atoms with E-state index in [0.29, 0.717) is 72.9 Å². The number of rotatable bonds is 14. The first kappa shape index (κ1) is 38.9. The van der Waals surface area contributed by atoms with Gasteiger partial charge in [0.25, 0.3) is 10.1 Å². The molecule has 0 bridgehead atoms. The Bertz CT molecular complexity index is 2810. The Labute approximate surface area is 331 Å². The third-order valence-corrected chi connectivity index (χ3v) is 9.47. The van der Waals surface area contributed by atoms with Crippen LogP contribution in [0.3, 0.4) is 0 Å². The van der Waals surface area contributed by atoms with Gasteiger partial charge in [0.1, 0.15) is 33.9 Å². The summed E-state index contributed by atoms with van der Waals surface area (Å²) in [6.45, 7) is 5.56. The fraction of sp³-hybridized carbons (Fsp3) is 0.184. The summed E-state index contributed by atoms with van der Waals surface area (Å²) in [5.41, 5.74) is 5.10. The van der Waals surface area contributed by atoms with Crippen LogP contribution in [0.2, 0.25) is 0 Å². The number of phenols is 2. The number of hydrogen-bond donors (Lipinski definition) is 6. The summed E-state index contributed by atoms with van der Waals surface area (Å²) < 4.78 is 32.1. The number of azo groups is 2. The molecule has 0 amide bonds. The third kappa shape index (κ3) is 9.37. The van der Waals surface area contributed by atoms with Gasteiger partial charge in [-0.3, -0.25) is 14.5 Å². The lowest BCUT2D eigenvalue weighted by Gasteiger charge is -2.14. The first-order valence-corrected chi connectivity index (χ1v) is 19.3. The Kier molecular flexibility index (Phi) is 11.3. The Balaban J connectivity index is 1.14. The topological polar surface area (TPSA) is 271 Å². The Morgan fingerprint density at radius 3 is 1.71 bits per heavy atom. The maximum atomic E-state index is 11.4. The molecule has 0 saturated heterocycles. The monoisotopic (exact) mass is 800 g/mol. The van der Waals surface area contributed by atoms with Gasteiger partial charge in [-0.2, -0.15) is 23.4 Å². The standard InChI is InChI=1S/C38H36N14O5S/c1-21-16-29(50-52-32-9-5-7-13-40-32)34-27(35(21)54)18-25(23(3)45-34)20-43-38-47-36(41-14-15-58(55,56)57)46-37(48-38)42-19-24-17-26-30(53)11-10-28(33(26)44-22(24)2)49-51-31-8-4-6-12-39-31/h4-13,16-18,53-54H,14-15,19-20H2,1-3H3,(H,55,56,57)(H3,41,42,43,46,47,48). The van der Waals surface area contributed by atoms with Crippen LogP contribution in [-0.2, 0) is 23.2 Å². The number of aromatic hydroxyl groups is 2. The number of fused-ring (bicyclic) bond motifs is 2. The number of aryl methyl sites for hydroxylation is 3. The molecular weight excluding hydrogens is 765 g/mol. The second kappa shape index (κ2) is 16.8. The van der Waals surface area contributed by atoms with Gasteiger partial charge in [0.05, 0.1) is 5.75 Å². The fourth-order valence-electron chi connectivity index (χ4n) is 5.74. The first-order chi connectivity index (χ1) is 27.9. The lowest BCUT2D eigenvalue weighted by molar-refractivity contribution is 0.477. The minimum absolute atomic E-state index is 0.00422. The summed E-state index contributed by atoms with van der Waals surface area (Å²) in [5, 5.41) is 48.9. The van der Waals surface area contributed by atoms with Gasteiger partial charge in [-0.1, -0.05) is 12.1 Å². The van der Waals surface area contributed by atoms with Crippen LogP contribution in [0.1, 0.15) is 28.1 Å². The van der Waals surface area contributed by atoms with Crippen LogP contribution in [0.15, 0.2) is 99.6 Å². The van der Waals surface area contributed by atoms with Crippen molar-refractivity contribution in [3.05, 3.63) is 107 Å². The summed E-state index contributed by atoms with van der Waals surface area (Å²) in [7, 11) is -4.26. The molecule has 0 spiro atoms. The molecule has 0 fully saturated rings. The first-order valence-electron chi connectivity index (χ1n) is 17.7. The predicted octanol–water partition coefficient (Wildman–Crippen LogP) is 7.45. The number of benzene rings is 2. The SMILES string of the molecule is Cc1cc(N=Nc2ccccn2)c2nc(C)c(CNc3nc(NCCS(=O)(=O)O)nc(NCc4cc5c(O)ccc(N=Nc6ccccn6)c5nc4C)n3)cc2c1O. The number of phenolic OH excluding ortho intramolecular Hbond substituents is 2. The summed E-state index contributed by atoms with van der Waals surface area (Å²) in [5.74, 6) is 0.605. The van der Waals surface area contributed by atoms with Crippen molar-refractivity contribution in [2.75, 3.05) is 28.2 Å². The van der Waals surface area contributed by atoms with Crippen molar-refractivity contribution in [2.24, 2.45) is 20.5 Å². The van der Waals surface area contributed by atoms with Gasteiger partial charge in [0.15, 0.2) is 11.6 Å². The molecule has 2 aromatic carbocycles. The number of anilines is 3. The molecule has 19 nitrogen and oxygen atoms in total. The van der Waals surface area contributed by atoms with E-state index in [2.05, 4.69) is 61.3 Å². The zero-order valence-corrected chi connectivity index (χ0v) is 32.1. The van der Waals surface area contributed by atoms with Gasteiger partial charge in [-0.25, -0.2) is 9.97 Å². The highest BCUT2D eigenvalue weighted by atomic mass is 32.2. The van der Waals surface area contributed by atoms with E-state index in [1.54, 1.807) is 80.0 Å². The number of hydrogen-bond acceptors (Lipinski definition) is 18. The van der Waals surface area contributed by atoms with E-state index >= 15 is 0 Å². The average Bonchev–Trinajstić information content (AvgIpc) is 3.20. The highest BCUT2D eigenvalue weighted by Crippen LogP contribution is 2.37. The average molecular weight is 801 g/mol. The molecule has 7 aromatic rings. The molecule has 0 aliphatic carbocycles. The molecule has 294 valence electrons. The molecule has 6 N–H and O–H groups in total. The second-order valence-electron chi connectivity index (χ2n) is 12.9. The van der Waals surface area contributed by atoms with Crippen molar-refractivity contribution in [2.45, 2.75) is 33.9 Å². The normalized spacial score (nSPS) is 11.9. The van der Waals surface area contributed by atoms with E-state index in [0.717, 1.165) is 0 Å². The number of pyridine rings is 4. The zero-order chi connectivity index (χ0) is 40.8. The quantitative estimate of drug-likeness (QED) is 0.0460. The van der Waals surface area contributed by atoms with E-state index < -0.39 is 15.9 Å². The summed E-state index contributed by atoms with van der Waals surface area (Å²) in [6.07, 6.45) is 3.23. The van der Waals surface area contributed by atoms with Crippen LogP contribution in [0.4, 0.5) is 40.9 Å². The molecule has 0 saturated carbocycles. The van der Waals surface area contributed by atoms with Crippen molar-refractivity contribution in [1.29, 1.82) is 0 Å². The van der Waals surface area contributed by atoms with Crippen molar-refractivity contribution in [3.8, 4) is 11.5 Å². The molecular formula is C38H36N14O5S. The van der Waals surface area contributed by atoms with Gasteiger partial charge in [-0.05, 0) is 92.1 Å². The molecule has 0 aliphatic rings. The number of aromatic nitrogens is 7. The van der Waals surface area contributed by atoms with Crippen LogP contribution in [-0.4, -0.2) is 70.4 Å². The maximum Gasteiger partial charge on any atom is 0.266 e. The maximum absolute atomic E-state index is 11.4. The molecule has 0 radical (unpaired) electrons. The van der Waals surface area contributed by atoms with Crippen LogP contribution in [0.25, 0.3) is 21.8 Å². The van der Waals surface area contributed by atoms with E-state index in [1.165, 1.54) is 6.07 Å². The van der Waals surface area contributed by atoms with Gasteiger partial charge in [0, 0.05) is 54.2 Å². The van der Waals surface area contributed by atoms with Crippen LogP contribution in [0, 0.1) is 20.8 Å². The van der Waals surface area contributed by atoms with E-state index in [4.69, 9.17) is 9.97 Å².